The second kappa shape index (κ2) is 6.28. The molecule has 1 atom stereocenters. The van der Waals surface area contributed by atoms with Gasteiger partial charge in [0.15, 0.2) is 0 Å². The summed E-state index contributed by atoms with van der Waals surface area (Å²) in [6, 6.07) is 6.32. The van der Waals surface area contributed by atoms with Gasteiger partial charge in [0.1, 0.15) is 0 Å². The highest BCUT2D eigenvalue weighted by molar-refractivity contribution is 7.14. The molecule has 1 unspecified atom stereocenters. The minimum atomic E-state index is -0.674. The normalized spacial score (nSPS) is 12.8. The third kappa shape index (κ3) is 3.62. The Hall–Kier alpha value is -0.720. The van der Waals surface area contributed by atoms with Crippen molar-refractivity contribution in [1.82, 2.24) is 5.32 Å². The molecule has 2 heterocycles. The van der Waals surface area contributed by atoms with E-state index in [0.717, 1.165) is 6.54 Å². The fraction of sp³-hybridized carbons (Fsp3) is 0.333. The summed E-state index contributed by atoms with van der Waals surface area (Å²) in [4.78, 5) is 2.52. The van der Waals surface area contributed by atoms with Gasteiger partial charge in [-0.3, -0.25) is 0 Å². The minimum Gasteiger partial charge on any atom is -0.394 e. The van der Waals surface area contributed by atoms with E-state index in [1.807, 2.05) is 6.07 Å². The molecule has 0 bridgehead atoms. The molecule has 17 heavy (non-hydrogen) atoms. The van der Waals surface area contributed by atoms with Crippen LogP contribution in [0.5, 0.6) is 0 Å². The highest BCUT2D eigenvalue weighted by Gasteiger charge is 2.04. The van der Waals surface area contributed by atoms with Gasteiger partial charge in [0.2, 0.25) is 0 Å². The smallest absolute Gasteiger partial charge is 0.0895 e. The maximum Gasteiger partial charge on any atom is 0.0895 e. The van der Waals surface area contributed by atoms with Crippen molar-refractivity contribution in [2.45, 2.75) is 12.6 Å². The van der Waals surface area contributed by atoms with Gasteiger partial charge in [-0.15, -0.1) is 22.7 Å². The van der Waals surface area contributed by atoms with Crippen molar-refractivity contribution in [3.8, 4) is 10.4 Å². The summed E-state index contributed by atoms with van der Waals surface area (Å²) in [5, 5.41) is 25.2. The van der Waals surface area contributed by atoms with E-state index >= 15 is 0 Å². The van der Waals surface area contributed by atoms with E-state index in [9.17, 15) is 5.11 Å². The first-order valence-electron chi connectivity index (χ1n) is 5.40. The van der Waals surface area contributed by atoms with E-state index in [-0.39, 0.29) is 6.61 Å². The summed E-state index contributed by atoms with van der Waals surface area (Å²) in [5.41, 5.74) is 1.25. The third-order valence-electron chi connectivity index (χ3n) is 2.35. The quantitative estimate of drug-likeness (QED) is 0.751. The van der Waals surface area contributed by atoms with Gasteiger partial charge >= 0.3 is 0 Å². The summed E-state index contributed by atoms with van der Waals surface area (Å²) in [6.07, 6.45) is -0.674. The molecular weight excluding hydrogens is 254 g/mol. The standard InChI is InChI=1S/C12H15NO2S2/c14-7-10(15)5-13-6-11-4-9(8-17-11)12-2-1-3-16-12/h1-4,8,10,13-15H,5-7H2. The number of thiophene rings is 2. The second-order valence-corrected chi connectivity index (χ2v) is 5.69. The lowest BCUT2D eigenvalue weighted by molar-refractivity contribution is 0.0943. The fourth-order valence-corrected chi connectivity index (χ4v) is 3.12. The molecule has 0 saturated heterocycles. The molecule has 0 saturated carbocycles. The Morgan fingerprint density at radius 1 is 1.35 bits per heavy atom. The Bertz CT molecular complexity index is 439. The molecule has 3 nitrogen and oxygen atoms in total. The average Bonchev–Trinajstić information content (AvgIpc) is 2.98. The Balaban J connectivity index is 1.87. The molecule has 3 N–H and O–H groups in total. The summed E-state index contributed by atoms with van der Waals surface area (Å²) >= 11 is 3.44. The minimum absolute atomic E-state index is 0.197. The molecule has 0 aliphatic carbocycles. The van der Waals surface area contributed by atoms with Gasteiger partial charge in [0.05, 0.1) is 12.7 Å². The van der Waals surface area contributed by atoms with Crippen molar-refractivity contribution in [1.29, 1.82) is 0 Å². The summed E-state index contributed by atoms with van der Waals surface area (Å²) in [6.45, 7) is 0.952. The van der Waals surface area contributed by atoms with Crippen molar-refractivity contribution in [2.24, 2.45) is 0 Å². The van der Waals surface area contributed by atoms with Crippen LogP contribution in [0.25, 0.3) is 10.4 Å². The van der Waals surface area contributed by atoms with Gasteiger partial charge < -0.3 is 15.5 Å². The van der Waals surface area contributed by atoms with Crippen LogP contribution in [0, 0.1) is 0 Å². The first-order valence-corrected chi connectivity index (χ1v) is 7.16. The predicted molar refractivity (Wildman–Crippen MR) is 72.4 cm³/mol. The summed E-state index contributed by atoms with van der Waals surface area (Å²) in [5.74, 6) is 0. The molecule has 0 spiro atoms. The molecule has 0 aromatic carbocycles. The fourth-order valence-electron chi connectivity index (χ4n) is 1.47. The molecular formula is C12H15NO2S2. The molecule has 0 fully saturated rings. The number of hydrogen-bond donors (Lipinski definition) is 3. The van der Waals surface area contributed by atoms with E-state index in [1.54, 1.807) is 22.7 Å². The molecule has 2 aromatic heterocycles. The van der Waals surface area contributed by atoms with Gasteiger partial charge in [-0.25, -0.2) is 0 Å². The highest BCUT2D eigenvalue weighted by atomic mass is 32.1. The Kier molecular flexibility index (Phi) is 4.70. The van der Waals surface area contributed by atoms with Gasteiger partial charge in [0.25, 0.3) is 0 Å². The van der Waals surface area contributed by atoms with Crippen molar-refractivity contribution >= 4 is 22.7 Å². The number of nitrogens with one attached hydrogen (secondary N) is 1. The monoisotopic (exact) mass is 269 g/mol. The zero-order valence-electron chi connectivity index (χ0n) is 9.30. The van der Waals surface area contributed by atoms with Crippen LogP contribution < -0.4 is 5.32 Å². The van der Waals surface area contributed by atoms with Crippen LogP contribution in [0.2, 0.25) is 0 Å². The summed E-state index contributed by atoms with van der Waals surface area (Å²) < 4.78 is 0. The first kappa shape index (κ1) is 12.7. The molecule has 0 aliphatic heterocycles. The molecule has 92 valence electrons. The third-order valence-corrected chi connectivity index (χ3v) is 4.21. The highest BCUT2D eigenvalue weighted by Crippen LogP contribution is 2.29. The Morgan fingerprint density at radius 2 is 2.24 bits per heavy atom. The lowest BCUT2D eigenvalue weighted by Crippen LogP contribution is -2.28. The van der Waals surface area contributed by atoms with Crippen molar-refractivity contribution in [3.05, 3.63) is 33.8 Å². The maximum absolute atomic E-state index is 9.18. The van der Waals surface area contributed by atoms with Crippen LogP contribution in [0.4, 0.5) is 0 Å². The Labute approximate surface area is 108 Å². The van der Waals surface area contributed by atoms with Gasteiger partial charge in [-0.05, 0) is 22.9 Å². The van der Waals surface area contributed by atoms with Gasteiger partial charge in [-0.2, -0.15) is 0 Å². The van der Waals surface area contributed by atoms with E-state index in [0.29, 0.717) is 6.54 Å². The topological polar surface area (TPSA) is 52.5 Å². The van der Waals surface area contributed by atoms with E-state index < -0.39 is 6.10 Å². The number of hydrogen-bond acceptors (Lipinski definition) is 5. The molecule has 0 radical (unpaired) electrons. The van der Waals surface area contributed by atoms with Crippen LogP contribution in [-0.4, -0.2) is 29.5 Å². The van der Waals surface area contributed by atoms with Crippen LogP contribution in [0.15, 0.2) is 29.0 Å². The number of aliphatic hydroxyl groups excluding tert-OH is 2. The number of aliphatic hydroxyl groups is 2. The predicted octanol–water partition coefficient (Wildman–Crippen LogP) is 1.92. The molecule has 2 aromatic rings. The molecule has 5 heteroatoms. The maximum atomic E-state index is 9.18. The zero-order chi connectivity index (χ0) is 12.1. The van der Waals surface area contributed by atoms with Crippen LogP contribution in [0.1, 0.15) is 4.88 Å². The molecule has 0 aliphatic rings. The van der Waals surface area contributed by atoms with Gasteiger partial charge in [-0.1, -0.05) is 6.07 Å². The van der Waals surface area contributed by atoms with Crippen LogP contribution >= 0.6 is 22.7 Å². The van der Waals surface area contributed by atoms with Crippen molar-refractivity contribution < 1.29 is 10.2 Å². The largest absolute Gasteiger partial charge is 0.394 e. The van der Waals surface area contributed by atoms with Crippen molar-refractivity contribution in [2.75, 3.05) is 13.2 Å². The van der Waals surface area contributed by atoms with Gasteiger partial charge in [0, 0.05) is 28.4 Å². The van der Waals surface area contributed by atoms with E-state index in [2.05, 4.69) is 28.2 Å². The average molecular weight is 269 g/mol. The summed E-state index contributed by atoms with van der Waals surface area (Å²) in [7, 11) is 0. The lowest BCUT2D eigenvalue weighted by Gasteiger charge is -2.07. The zero-order valence-corrected chi connectivity index (χ0v) is 10.9. The molecule has 0 amide bonds. The van der Waals surface area contributed by atoms with Crippen LogP contribution in [0.3, 0.4) is 0 Å². The Morgan fingerprint density at radius 3 is 2.94 bits per heavy atom. The lowest BCUT2D eigenvalue weighted by atomic mass is 10.2. The molecule has 2 rings (SSSR count). The van der Waals surface area contributed by atoms with E-state index in [4.69, 9.17) is 5.11 Å². The first-order chi connectivity index (χ1) is 8.29. The second-order valence-electron chi connectivity index (χ2n) is 3.75. The van der Waals surface area contributed by atoms with Crippen LogP contribution in [-0.2, 0) is 6.54 Å². The van der Waals surface area contributed by atoms with E-state index in [1.165, 1.54) is 15.3 Å². The SMILES string of the molecule is OCC(O)CNCc1cc(-c2cccs2)cs1. The number of rotatable bonds is 6. The van der Waals surface area contributed by atoms with Crippen molar-refractivity contribution in [3.63, 3.8) is 0 Å².